The van der Waals surface area contributed by atoms with E-state index in [2.05, 4.69) is 5.32 Å². The van der Waals surface area contributed by atoms with Gasteiger partial charge in [0.2, 0.25) is 0 Å². The Labute approximate surface area is 67.1 Å². The Kier molecular flexibility index (Phi) is 1.34. The van der Waals surface area contributed by atoms with E-state index in [4.69, 9.17) is 0 Å². The van der Waals surface area contributed by atoms with Gasteiger partial charge in [0.25, 0.3) is 0 Å². The molecule has 2 fully saturated rings. The molecule has 1 spiro atoms. The predicted molar refractivity (Wildman–Crippen MR) is 34.4 cm³/mol. The van der Waals surface area contributed by atoms with Crippen molar-refractivity contribution in [2.75, 3.05) is 13.1 Å². The molecule has 1 aliphatic heterocycles. The zero-order valence-electron chi connectivity index (χ0n) is 6.34. The Balaban J connectivity index is 2.24. The molecule has 0 aromatic rings. The Morgan fingerprint density at radius 3 is 2.08 bits per heavy atom. The molecule has 0 aromatic carbocycles. The monoisotopic (exact) mass is 183 g/mol. The third kappa shape index (κ3) is 0.683. The molecular formula is C7H9F4N. The van der Waals surface area contributed by atoms with Crippen molar-refractivity contribution in [1.29, 1.82) is 0 Å². The smallest absolute Gasteiger partial charge is 0.316 e. The highest BCUT2D eigenvalue weighted by molar-refractivity contribution is 5.16. The number of nitrogens with one attached hydrogen (secondary N) is 1. The summed E-state index contributed by atoms with van der Waals surface area (Å²) >= 11 is 0. The lowest BCUT2D eigenvalue weighted by molar-refractivity contribution is -0.351. The largest absolute Gasteiger partial charge is 0.317 e. The van der Waals surface area contributed by atoms with Crippen LogP contribution < -0.4 is 5.32 Å². The van der Waals surface area contributed by atoms with Gasteiger partial charge < -0.3 is 5.32 Å². The first-order valence-electron chi connectivity index (χ1n) is 3.88. The lowest BCUT2D eigenvalue weighted by Gasteiger charge is -2.51. The molecule has 1 heterocycles. The molecule has 5 heteroatoms. The van der Waals surface area contributed by atoms with Crippen molar-refractivity contribution in [2.45, 2.75) is 24.7 Å². The molecule has 1 saturated heterocycles. The number of alkyl halides is 4. The summed E-state index contributed by atoms with van der Waals surface area (Å²) in [6.07, 6.45) is -0.504. The summed E-state index contributed by atoms with van der Waals surface area (Å²) in [5.74, 6) is -7.58. The van der Waals surface area contributed by atoms with Crippen LogP contribution in [-0.2, 0) is 0 Å². The quantitative estimate of drug-likeness (QED) is 0.563. The highest BCUT2D eigenvalue weighted by atomic mass is 19.3. The van der Waals surface area contributed by atoms with E-state index in [1.54, 1.807) is 0 Å². The molecule has 1 unspecified atom stereocenters. The lowest BCUT2D eigenvalue weighted by Crippen LogP contribution is -2.67. The van der Waals surface area contributed by atoms with Crippen molar-refractivity contribution < 1.29 is 17.6 Å². The second-order valence-electron chi connectivity index (χ2n) is 3.66. The van der Waals surface area contributed by atoms with Crippen LogP contribution in [0.5, 0.6) is 0 Å². The van der Waals surface area contributed by atoms with Crippen molar-refractivity contribution in [3.63, 3.8) is 0 Å². The molecule has 2 aliphatic rings. The first-order valence-corrected chi connectivity index (χ1v) is 3.88. The molecule has 1 nitrogen and oxygen atoms in total. The van der Waals surface area contributed by atoms with Crippen LogP contribution >= 0.6 is 0 Å². The first kappa shape index (κ1) is 8.29. The van der Waals surface area contributed by atoms with E-state index in [1.165, 1.54) is 0 Å². The van der Waals surface area contributed by atoms with Gasteiger partial charge in [0.15, 0.2) is 0 Å². The zero-order chi connectivity index (χ0) is 9.04. The van der Waals surface area contributed by atoms with Crippen molar-refractivity contribution in [3.8, 4) is 0 Å². The molecular weight excluding hydrogens is 174 g/mol. The molecule has 1 N–H and O–H groups in total. The van der Waals surface area contributed by atoms with Gasteiger partial charge in [0, 0.05) is 13.0 Å². The van der Waals surface area contributed by atoms with Crippen molar-refractivity contribution >= 4 is 0 Å². The van der Waals surface area contributed by atoms with Gasteiger partial charge in [-0.15, -0.1) is 0 Å². The van der Waals surface area contributed by atoms with Gasteiger partial charge in [-0.1, -0.05) is 0 Å². The zero-order valence-corrected chi connectivity index (χ0v) is 6.34. The average molecular weight is 183 g/mol. The average Bonchev–Trinajstić information content (AvgIpc) is 2.37. The summed E-state index contributed by atoms with van der Waals surface area (Å²) < 4.78 is 50.6. The maximum Gasteiger partial charge on any atom is 0.317 e. The SMILES string of the molecule is FC1(F)CC2(CCNC2)C1(F)F. The van der Waals surface area contributed by atoms with E-state index in [9.17, 15) is 17.6 Å². The summed E-state index contributed by atoms with van der Waals surface area (Å²) in [6, 6.07) is 0. The van der Waals surface area contributed by atoms with E-state index in [0.29, 0.717) is 6.54 Å². The summed E-state index contributed by atoms with van der Waals surface area (Å²) in [6.45, 7) is 0.446. The van der Waals surface area contributed by atoms with E-state index in [-0.39, 0.29) is 13.0 Å². The van der Waals surface area contributed by atoms with Gasteiger partial charge >= 0.3 is 11.8 Å². The topological polar surface area (TPSA) is 12.0 Å². The van der Waals surface area contributed by atoms with Gasteiger partial charge in [-0.05, 0) is 13.0 Å². The number of hydrogen-bond donors (Lipinski definition) is 1. The van der Waals surface area contributed by atoms with E-state index in [0.717, 1.165) is 0 Å². The minimum absolute atomic E-state index is 0.0234. The van der Waals surface area contributed by atoms with Crippen LogP contribution in [0, 0.1) is 5.41 Å². The van der Waals surface area contributed by atoms with Crippen molar-refractivity contribution in [1.82, 2.24) is 5.32 Å². The van der Waals surface area contributed by atoms with Crippen LogP contribution in [0.3, 0.4) is 0 Å². The molecule has 0 bridgehead atoms. The number of rotatable bonds is 0. The molecule has 1 atom stereocenters. The predicted octanol–water partition coefficient (Wildman–Crippen LogP) is 1.64. The molecule has 0 aromatic heterocycles. The summed E-state index contributed by atoms with van der Waals surface area (Å²) in [4.78, 5) is 0. The normalized spacial score (nSPS) is 43.0. The van der Waals surface area contributed by atoms with Gasteiger partial charge in [-0.2, -0.15) is 17.6 Å². The fraction of sp³-hybridized carbons (Fsp3) is 1.00. The highest BCUT2D eigenvalue weighted by Gasteiger charge is 2.80. The van der Waals surface area contributed by atoms with Crippen LogP contribution in [0.4, 0.5) is 17.6 Å². The van der Waals surface area contributed by atoms with Crippen molar-refractivity contribution in [3.05, 3.63) is 0 Å². The van der Waals surface area contributed by atoms with Crippen LogP contribution in [-0.4, -0.2) is 24.9 Å². The van der Waals surface area contributed by atoms with Gasteiger partial charge in [0.1, 0.15) is 0 Å². The summed E-state index contributed by atoms with van der Waals surface area (Å²) in [5.41, 5.74) is -1.45. The molecule has 0 amide bonds. The molecule has 1 aliphatic carbocycles. The Bertz CT molecular complexity index is 207. The van der Waals surface area contributed by atoms with E-state index >= 15 is 0 Å². The van der Waals surface area contributed by atoms with E-state index < -0.39 is 23.7 Å². The minimum Gasteiger partial charge on any atom is -0.316 e. The van der Waals surface area contributed by atoms with Crippen LogP contribution in [0.2, 0.25) is 0 Å². The molecule has 12 heavy (non-hydrogen) atoms. The van der Waals surface area contributed by atoms with Gasteiger partial charge in [0.05, 0.1) is 5.41 Å². The number of hydrogen-bond acceptors (Lipinski definition) is 1. The molecule has 70 valence electrons. The van der Waals surface area contributed by atoms with Crippen LogP contribution in [0.25, 0.3) is 0 Å². The highest BCUT2D eigenvalue weighted by Crippen LogP contribution is 2.65. The lowest BCUT2D eigenvalue weighted by atomic mass is 9.62. The van der Waals surface area contributed by atoms with Gasteiger partial charge in [-0.25, -0.2) is 0 Å². The fourth-order valence-corrected chi connectivity index (χ4v) is 2.09. The van der Waals surface area contributed by atoms with Crippen LogP contribution in [0.15, 0.2) is 0 Å². The first-order chi connectivity index (χ1) is 5.41. The third-order valence-corrected chi connectivity index (χ3v) is 2.93. The molecule has 2 rings (SSSR count). The Morgan fingerprint density at radius 1 is 1.08 bits per heavy atom. The van der Waals surface area contributed by atoms with Crippen molar-refractivity contribution in [2.24, 2.45) is 5.41 Å². The van der Waals surface area contributed by atoms with Gasteiger partial charge in [-0.3, -0.25) is 0 Å². The second kappa shape index (κ2) is 1.95. The maximum absolute atomic E-state index is 12.9. The third-order valence-electron chi connectivity index (χ3n) is 2.93. The van der Waals surface area contributed by atoms with E-state index in [1.807, 2.05) is 0 Å². The molecule has 1 saturated carbocycles. The molecule has 0 radical (unpaired) electrons. The maximum atomic E-state index is 12.9. The Morgan fingerprint density at radius 2 is 1.75 bits per heavy atom. The second-order valence-corrected chi connectivity index (χ2v) is 3.66. The summed E-state index contributed by atoms with van der Waals surface area (Å²) in [7, 11) is 0. The van der Waals surface area contributed by atoms with Crippen LogP contribution in [0.1, 0.15) is 12.8 Å². The standard InChI is InChI=1S/C7H9F4N/c8-6(9)3-5(7(6,10)11)1-2-12-4-5/h12H,1-4H2. The minimum atomic E-state index is -3.80. The number of halogens is 4. The summed E-state index contributed by atoms with van der Waals surface area (Å²) in [5, 5.41) is 2.70. The fourth-order valence-electron chi connectivity index (χ4n) is 2.09. The Hall–Kier alpha value is -0.320.